The van der Waals surface area contributed by atoms with Crippen molar-refractivity contribution in [2.75, 3.05) is 0 Å². The first-order valence-corrected chi connectivity index (χ1v) is 7.14. The lowest BCUT2D eigenvalue weighted by Crippen LogP contribution is -2.33. The molecule has 108 valence electrons. The molecule has 1 amide bonds. The molecule has 0 bridgehead atoms. The molecule has 2 aromatic carbocycles. The molecule has 0 fully saturated rings. The number of hydrogen-bond acceptors (Lipinski definition) is 2. The Morgan fingerprint density at radius 3 is 2.18 bits per heavy atom. The van der Waals surface area contributed by atoms with Gasteiger partial charge in [0.2, 0.25) is 0 Å². The molecule has 22 heavy (non-hydrogen) atoms. The summed E-state index contributed by atoms with van der Waals surface area (Å²) >= 11 is 0. The van der Waals surface area contributed by atoms with Crippen LogP contribution in [0, 0.1) is 5.41 Å². The second-order valence-corrected chi connectivity index (χ2v) is 5.24. The predicted molar refractivity (Wildman–Crippen MR) is 87.6 cm³/mol. The Labute approximate surface area is 129 Å². The number of carbonyl (C=O) groups is 1. The second kappa shape index (κ2) is 5.84. The third kappa shape index (κ3) is 2.39. The molecule has 3 rings (SSSR count). The summed E-state index contributed by atoms with van der Waals surface area (Å²) in [6, 6.07) is 19.8. The van der Waals surface area contributed by atoms with Crippen LogP contribution in [0.25, 0.3) is 5.57 Å². The van der Waals surface area contributed by atoms with Crippen molar-refractivity contribution in [3.63, 3.8) is 0 Å². The average Bonchev–Trinajstić information content (AvgIpc) is 2.56. The van der Waals surface area contributed by atoms with Crippen molar-refractivity contribution in [2.24, 2.45) is 0 Å². The highest BCUT2D eigenvalue weighted by Gasteiger charge is 2.33. The Balaban J connectivity index is 2.25. The van der Waals surface area contributed by atoms with Crippen LogP contribution in [0.3, 0.4) is 0 Å². The number of carbonyl (C=O) groups excluding carboxylic acids is 1. The van der Waals surface area contributed by atoms with Crippen LogP contribution in [0.2, 0.25) is 0 Å². The van der Waals surface area contributed by atoms with Crippen LogP contribution < -0.4 is 5.32 Å². The number of nitrogens with one attached hydrogen (secondary N) is 2. The van der Waals surface area contributed by atoms with Gasteiger partial charge in [-0.1, -0.05) is 60.7 Å². The quantitative estimate of drug-likeness (QED) is 0.645. The Kier molecular flexibility index (Phi) is 3.73. The smallest absolute Gasteiger partial charge is 0.261 e. The van der Waals surface area contributed by atoms with Gasteiger partial charge < -0.3 is 5.32 Å². The van der Waals surface area contributed by atoms with Crippen molar-refractivity contribution in [2.45, 2.75) is 12.8 Å². The molecule has 1 aliphatic heterocycles. The molecular formula is C19H16N2O. The van der Waals surface area contributed by atoms with E-state index in [1.54, 1.807) is 0 Å². The number of hydrogen-bond donors (Lipinski definition) is 2. The summed E-state index contributed by atoms with van der Waals surface area (Å²) in [5.41, 5.74) is 4.22. The van der Waals surface area contributed by atoms with Crippen LogP contribution in [0.4, 0.5) is 0 Å². The summed E-state index contributed by atoms with van der Waals surface area (Å²) in [7, 11) is 0. The van der Waals surface area contributed by atoms with Gasteiger partial charge in [-0.15, -0.1) is 0 Å². The molecule has 0 saturated carbocycles. The Morgan fingerprint density at radius 2 is 1.59 bits per heavy atom. The maximum Gasteiger partial charge on any atom is 0.261 e. The van der Waals surface area contributed by atoms with E-state index in [-0.39, 0.29) is 11.8 Å². The van der Waals surface area contributed by atoms with E-state index in [9.17, 15) is 4.79 Å². The third-order valence-electron chi connectivity index (χ3n) is 3.88. The Morgan fingerprint density at radius 1 is 1.00 bits per heavy atom. The minimum absolute atomic E-state index is 0.249. The van der Waals surface area contributed by atoms with E-state index in [2.05, 4.69) is 11.2 Å². The largest absolute Gasteiger partial charge is 0.325 e. The molecule has 2 N–H and O–H groups in total. The number of rotatable bonds is 2. The molecule has 1 heterocycles. The van der Waals surface area contributed by atoms with Crippen molar-refractivity contribution in [3.05, 3.63) is 83.1 Å². The molecule has 1 atom stereocenters. The number of benzene rings is 2. The van der Waals surface area contributed by atoms with Gasteiger partial charge >= 0.3 is 0 Å². The van der Waals surface area contributed by atoms with Gasteiger partial charge in [-0.3, -0.25) is 10.2 Å². The van der Waals surface area contributed by atoms with Crippen LogP contribution in [0.1, 0.15) is 24.0 Å². The minimum atomic E-state index is -0.269. The fourth-order valence-corrected chi connectivity index (χ4v) is 2.91. The molecule has 0 aromatic heterocycles. The molecule has 2 aromatic rings. The van der Waals surface area contributed by atoms with Gasteiger partial charge in [-0.05, 0) is 29.5 Å². The second-order valence-electron chi connectivity index (χ2n) is 5.24. The summed E-state index contributed by atoms with van der Waals surface area (Å²) in [4.78, 5) is 12.2. The van der Waals surface area contributed by atoms with Crippen molar-refractivity contribution < 1.29 is 4.79 Å². The van der Waals surface area contributed by atoms with E-state index in [1.807, 2.05) is 67.6 Å². The highest BCUT2D eigenvalue weighted by molar-refractivity contribution is 6.09. The summed E-state index contributed by atoms with van der Waals surface area (Å²) < 4.78 is 0. The number of allylic oxidation sites excluding steroid dienone is 2. The van der Waals surface area contributed by atoms with Crippen LogP contribution >= 0.6 is 0 Å². The Bertz CT molecular complexity index is 785. The zero-order chi connectivity index (χ0) is 15.5. The highest BCUT2D eigenvalue weighted by atomic mass is 16.1. The Hall–Kier alpha value is -2.90. The molecule has 0 saturated heterocycles. The SMILES string of the molecule is CC1=C(c2ccccc2)C(c2ccccc2)C(=C=N)C(=O)N1. The van der Waals surface area contributed by atoms with Gasteiger partial charge in [0.05, 0.1) is 11.5 Å². The van der Waals surface area contributed by atoms with Gasteiger partial charge in [0, 0.05) is 5.70 Å². The molecule has 0 aliphatic carbocycles. The maximum absolute atomic E-state index is 12.2. The molecule has 1 aliphatic rings. The number of amides is 1. The van der Waals surface area contributed by atoms with Crippen LogP contribution in [-0.4, -0.2) is 11.8 Å². The molecular weight excluding hydrogens is 272 g/mol. The zero-order valence-corrected chi connectivity index (χ0v) is 12.3. The average molecular weight is 288 g/mol. The monoisotopic (exact) mass is 288 g/mol. The van der Waals surface area contributed by atoms with Crippen LogP contribution in [-0.2, 0) is 4.79 Å². The van der Waals surface area contributed by atoms with Crippen LogP contribution in [0.15, 0.2) is 71.9 Å². The van der Waals surface area contributed by atoms with Crippen molar-refractivity contribution in [1.82, 2.24) is 5.32 Å². The maximum atomic E-state index is 12.2. The van der Waals surface area contributed by atoms with Gasteiger partial charge in [-0.25, -0.2) is 0 Å². The normalized spacial score (nSPS) is 18.0. The predicted octanol–water partition coefficient (Wildman–Crippen LogP) is 3.51. The van der Waals surface area contributed by atoms with E-state index in [1.165, 1.54) is 0 Å². The first-order chi connectivity index (χ1) is 10.7. The van der Waals surface area contributed by atoms with Gasteiger partial charge in [0.15, 0.2) is 0 Å². The minimum Gasteiger partial charge on any atom is -0.325 e. The van der Waals surface area contributed by atoms with E-state index < -0.39 is 0 Å². The van der Waals surface area contributed by atoms with Gasteiger partial charge in [0.25, 0.3) is 5.91 Å². The lowest BCUT2D eigenvalue weighted by Gasteiger charge is -2.29. The first kappa shape index (κ1) is 14.1. The van der Waals surface area contributed by atoms with E-state index in [0.717, 1.165) is 22.4 Å². The van der Waals surface area contributed by atoms with E-state index in [0.29, 0.717) is 5.57 Å². The summed E-state index contributed by atoms with van der Waals surface area (Å²) in [5.74, 6) is 1.83. The zero-order valence-electron chi connectivity index (χ0n) is 12.3. The van der Waals surface area contributed by atoms with Crippen molar-refractivity contribution in [3.8, 4) is 0 Å². The van der Waals surface area contributed by atoms with Gasteiger partial charge in [0.1, 0.15) is 0 Å². The van der Waals surface area contributed by atoms with Crippen LogP contribution in [0.5, 0.6) is 0 Å². The third-order valence-corrected chi connectivity index (χ3v) is 3.88. The van der Waals surface area contributed by atoms with E-state index >= 15 is 0 Å². The molecule has 1 unspecified atom stereocenters. The topological polar surface area (TPSA) is 53.0 Å². The van der Waals surface area contributed by atoms with Gasteiger partial charge in [-0.2, -0.15) is 0 Å². The fourth-order valence-electron chi connectivity index (χ4n) is 2.91. The van der Waals surface area contributed by atoms with E-state index in [4.69, 9.17) is 5.41 Å². The highest BCUT2D eigenvalue weighted by Crippen LogP contribution is 2.40. The molecule has 3 heteroatoms. The standard InChI is InChI=1S/C19H16N2O/c1-13-17(14-8-4-2-5-9-14)18(15-10-6-3-7-11-15)16(12-20)19(22)21-13/h2-11,18,20H,1H3,(H,21,22). The summed E-state index contributed by atoms with van der Waals surface area (Å²) in [6.45, 7) is 1.90. The lowest BCUT2D eigenvalue weighted by molar-refractivity contribution is -0.117. The molecule has 3 nitrogen and oxygen atoms in total. The van der Waals surface area contributed by atoms with Crippen molar-refractivity contribution >= 4 is 17.4 Å². The first-order valence-electron chi connectivity index (χ1n) is 7.14. The summed E-state index contributed by atoms with van der Waals surface area (Å²) in [6.07, 6.45) is 0. The van der Waals surface area contributed by atoms with Crippen molar-refractivity contribution in [1.29, 1.82) is 5.41 Å². The fraction of sp³-hybridized carbons (Fsp3) is 0.105. The molecule has 0 spiro atoms. The summed E-state index contributed by atoms with van der Waals surface area (Å²) in [5, 5.41) is 10.4. The molecule has 0 radical (unpaired) electrons. The lowest BCUT2D eigenvalue weighted by atomic mass is 9.78.